The topological polar surface area (TPSA) is 55.8 Å². The van der Waals surface area contributed by atoms with E-state index in [0.717, 1.165) is 7.14 Å². The Labute approximate surface area is 180 Å². The highest BCUT2D eigenvalue weighted by molar-refractivity contribution is 14.1. The van der Waals surface area contributed by atoms with Crippen LogP contribution in [0.5, 0.6) is 0 Å². The number of rotatable bonds is 8. The minimum Gasteiger partial charge on any atom is -0.461 e. The Balaban J connectivity index is 1.63. The van der Waals surface area contributed by atoms with Crippen molar-refractivity contribution in [3.63, 3.8) is 0 Å². The summed E-state index contributed by atoms with van der Waals surface area (Å²) in [5.74, 6) is -0.667. The van der Waals surface area contributed by atoms with E-state index in [1.807, 2.05) is 36.2 Å². The van der Waals surface area contributed by atoms with Crippen LogP contribution in [0.1, 0.15) is 20.7 Å². The number of hydrogen-bond donors (Lipinski definition) is 0. The number of carbonyl (C=O) groups excluding carboxylic acids is 2. The van der Waals surface area contributed by atoms with Gasteiger partial charge in [0.25, 0.3) is 0 Å². The largest absolute Gasteiger partial charge is 0.461 e. The predicted molar refractivity (Wildman–Crippen MR) is 116 cm³/mol. The van der Waals surface area contributed by atoms with Gasteiger partial charge in [-0.05, 0) is 101 Å². The van der Waals surface area contributed by atoms with Crippen molar-refractivity contribution in [1.82, 2.24) is 4.90 Å². The second kappa shape index (κ2) is 10.8. The summed E-state index contributed by atoms with van der Waals surface area (Å²) in [4.78, 5) is 25.8. The summed E-state index contributed by atoms with van der Waals surface area (Å²) < 4.78 is 12.6. The van der Waals surface area contributed by atoms with Crippen molar-refractivity contribution >= 4 is 57.1 Å². The van der Waals surface area contributed by atoms with Gasteiger partial charge in [0.1, 0.15) is 13.2 Å². The molecule has 0 aliphatic carbocycles. The van der Waals surface area contributed by atoms with Gasteiger partial charge in [-0.25, -0.2) is 9.59 Å². The third-order valence-electron chi connectivity index (χ3n) is 3.57. The van der Waals surface area contributed by atoms with E-state index in [0.29, 0.717) is 24.2 Å². The molecule has 0 amide bonds. The van der Waals surface area contributed by atoms with Gasteiger partial charge in [0.05, 0.1) is 11.1 Å². The lowest BCUT2D eigenvalue weighted by atomic mass is 10.2. The lowest BCUT2D eigenvalue weighted by molar-refractivity contribution is 0.0419. The molecule has 0 aromatic heterocycles. The van der Waals surface area contributed by atoms with Crippen LogP contribution in [0.25, 0.3) is 0 Å². The number of halogens is 2. The Morgan fingerprint density at radius 1 is 0.769 bits per heavy atom. The third-order valence-corrected chi connectivity index (χ3v) is 5.01. The predicted octanol–water partition coefficient (Wildman–Crippen LogP) is 3.84. The molecule has 0 bridgehead atoms. The van der Waals surface area contributed by atoms with Crippen LogP contribution < -0.4 is 0 Å². The van der Waals surface area contributed by atoms with E-state index in [9.17, 15) is 9.59 Å². The second-order valence-corrected chi connectivity index (χ2v) is 8.08. The molecule has 0 saturated carbocycles. The van der Waals surface area contributed by atoms with Gasteiger partial charge in [-0.3, -0.25) is 4.90 Å². The van der Waals surface area contributed by atoms with Crippen molar-refractivity contribution in [2.24, 2.45) is 0 Å². The van der Waals surface area contributed by atoms with E-state index in [-0.39, 0.29) is 25.2 Å². The maximum atomic E-state index is 11.9. The molecule has 0 aliphatic rings. The smallest absolute Gasteiger partial charge is 0.338 e. The van der Waals surface area contributed by atoms with Crippen LogP contribution in [0, 0.1) is 7.14 Å². The molecule has 2 aromatic rings. The summed E-state index contributed by atoms with van der Waals surface area (Å²) in [7, 11) is 1.89. The summed E-state index contributed by atoms with van der Waals surface area (Å²) in [6.07, 6.45) is 0. The van der Waals surface area contributed by atoms with Crippen LogP contribution in [0.3, 0.4) is 0 Å². The summed E-state index contributed by atoms with van der Waals surface area (Å²) in [6.45, 7) is 1.70. The molecule has 2 aromatic carbocycles. The van der Waals surface area contributed by atoms with Gasteiger partial charge >= 0.3 is 11.9 Å². The fourth-order valence-corrected chi connectivity index (χ4v) is 2.76. The summed E-state index contributed by atoms with van der Waals surface area (Å²) in [5.41, 5.74) is 1.08. The molecular formula is C19H19I2NO4. The molecule has 0 unspecified atom stereocenters. The molecule has 138 valence electrons. The molecule has 2 rings (SSSR count). The van der Waals surface area contributed by atoms with Crippen molar-refractivity contribution in [3.05, 3.63) is 66.8 Å². The van der Waals surface area contributed by atoms with E-state index in [4.69, 9.17) is 9.47 Å². The van der Waals surface area contributed by atoms with E-state index in [2.05, 4.69) is 45.2 Å². The Hall–Kier alpha value is -1.20. The van der Waals surface area contributed by atoms with Crippen molar-refractivity contribution in [1.29, 1.82) is 0 Å². The zero-order chi connectivity index (χ0) is 18.9. The van der Waals surface area contributed by atoms with E-state index in [1.165, 1.54) is 0 Å². The standard InChI is InChI=1S/C19H19I2NO4/c1-22(10-12-25-18(23)14-2-6-16(20)7-3-14)11-13-26-19(24)15-4-8-17(21)9-5-15/h2-9H,10-13H2,1H3. The molecule has 0 saturated heterocycles. The van der Waals surface area contributed by atoms with Crippen LogP contribution in [0.2, 0.25) is 0 Å². The third kappa shape index (κ3) is 7.20. The van der Waals surface area contributed by atoms with Gasteiger partial charge in [0, 0.05) is 20.2 Å². The number of esters is 2. The summed E-state index contributed by atoms with van der Waals surface area (Å²) in [5, 5.41) is 0. The Kier molecular flexibility index (Phi) is 8.79. The van der Waals surface area contributed by atoms with Crippen LogP contribution >= 0.6 is 45.2 Å². The monoisotopic (exact) mass is 579 g/mol. The maximum absolute atomic E-state index is 11.9. The average molecular weight is 579 g/mol. The second-order valence-electron chi connectivity index (χ2n) is 5.59. The first-order valence-corrected chi connectivity index (χ1v) is 10.2. The minimum absolute atomic E-state index is 0.284. The van der Waals surface area contributed by atoms with E-state index < -0.39 is 0 Å². The highest BCUT2D eigenvalue weighted by atomic mass is 127. The molecular weight excluding hydrogens is 560 g/mol. The molecule has 0 aliphatic heterocycles. The number of hydrogen-bond acceptors (Lipinski definition) is 5. The number of ether oxygens (including phenoxy) is 2. The van der Waals surface area contributed by atoms with Gasteiger partial charge in [0.15, 0.2) is 0 Å². The Morgan fingerprint density at radius 3 is 1.46 bits per heavy atom. The lowest BCUT2D eigenvalue weighted by Crippen LogP contribution is -2.28. The van der Waals surface area contributed by atoms with Gasteiger partial charge in [-0.15, -0.1) is 0 Å². The SMILES string of the molecule is CN(CCOC(=O)c1ccc(I)cc1)CCOC(=O)c1ccc(I)cc1. The molecule has 0 N–H and O–H groups in total. The normalized spacial score (nSPS) is 10.6. The van der Waals surface area contributed by atoms with Crippen LogP contribution in [-0.2, 0) is 9.47 Å². The number of carbonyl (C=O) groups is 2. The fourth-order valence-electron chi connectivity index (χ4n) is 2.04. The number of benzene rings is 2. The number of likely N-dealkylation sites (N-methyl/N-ethyl adjacent to an activating group) is 1. The zero-order valence-corrected chi connectivity index (χ0v) is 18.6. The van der Waals surface area contributed by atoms with Gasteiger partial charge in [0.2, 0.25) is 0 Å². The van der Waals surface area contributed by atoms with E-state index in [1.54, 1.807) is 24.3 Å². The lowest BCUT2D eigenvalue weighted by Gasteiger charge is -2.16. The first-order chi connectivity index (χ1) is 12.5. The molecule has 7 heteroatoms. The average Bonchev–Trinajstić information content (AvgIpc) is 2.62. The fraction of sp³-hybridized carbons (Fsp3) is 0.263. The highest BCUT2D eigenvalue weighted by Gasteiger charge is 2.09. The minimum atomic E-state index is -0.333. The van der Waals surface area contributed by atoms with Crippen molar-refractivity contribution in [2.45, 2.75) is 0 Å². The van der Waals surface area contributed by atoms with Crippen LogP contribution in [0.4, 0.5) is 0 Å². The van der Waals surface area contributed by atoms with Gasteiger partial charge in [-0.1, -0.05) is 0 Å². The quantitative estimate of drug-likeness (QED) is 0.352. The molecule has 5 nitrogen and oxygen atoms in total. The Bertz CT molecular complexity index is 669. The van der Waals surface area contributed by atoms with E-state index >= 15 is 0 Å². The molecule has 26 heavy (non-hydrogen) atoms. The van der Waals surface area contributed by atoms with Crippen LogP contribution in [0.15, 0.2) is 48.5 Å². The first-order valence-electron chi connectivity index (χ1n) is 7.99. The van der Waals surface area contributed by atoms with Gasteiger partial charge < -0.3 is 9.47 Å². The van der Waals surface area contributed by atoms with Crippen molar-refractivity contribution in [2.75, 3.05) is 33.4 Å². The number of nitrogens with zero attached hydrogens (tertiary/aromatic N) is 1. The first kappa shape index (κ1) is 21.1. The van der Waals surface area contributed by atoms with Crippen molar-refractivity contribution in [3.8, 4) is 0 Å². The molecule has 0 atom stereocenters. The zero-order valence-electron chi connectivity index (χ0n) is 14.3. The maximum Gasteiger partial charge on any atom is 0.338 e. The molecule has 0 fully saturated rings. The molecule has 0 radical (unpaired) electrons. The summed E-state index contributed by atoms with van der Waals surface area (Å²) in [6, 6.07) is 14.5. The molecule has 0 spiro atoms. The summed E-state index contributed by atoms with van der Waals surface area (Å²) >= 11 is 4.37. The van der Waals surface area contributed by atoms with Gasteiger partial charge in [-0.2, -0.15) is 0 Å². The Morgan fingerprint density at radius 2 is 1.12 bits per heavy atom. The highest BCUT2D eigenvalue weighted by Crippen LogP contribution is 2.09. The molecule has 0 heterocycles. The van der Waals surface area contributed by atoms with Crippen LogP contribution in [-0.4, -0.2) is 50.2 Å². The van der Waals surface area contributed by atoms with Crippen molar-refractivity contribution < 1.29 is 19.1 Å².